The second kappa shape index (κ2) is 8.71. The van der Waals surface area contributed by atoms with Gasteiger partial charge < -0.3 is 19.1 Å². The highest BCUT2D eigenvalue weighted by Crippen LogP contribution is 2.31. The smallest absolute Gasteiger partial charge is 0.273 e. The molecule has 1 amide bonds. The number of hydrogen-bond donors (Lipinski definition) is 0. The number of rotatable bonds is 6. The quantitative estimate of drug-likeness (QED) is 0.584. The van der Waals surface area contributed by atoms with Gasteiger partial charge in [-0.15, -0.1) is 11.3 Å². The van der Waals surface area contributed by atoms with Gasteiger partial charge >= 0.3 is 0 Å². The molecule has 0 unspecified atom stereocenters. The lowest BCUT2D eigenvalue weighted by molar-refractivity contribution is 0.0517. The largest absolute Gasteiger partial charge is 0.486 e. The zero-order chi connectivity index (χ0) is 20.2. The summed E-state index contributed by atoms with van der Waals surface area (Å²) in [7, 11) is 1.73. The average Bonchev–Trinajstić information content (AvgIpc) is 3.21. The van der Waals surface area contributed by atoms with Gasteiger partial charge in [0.25, 0.3) is 5.91 Å². The van der Waals surface area contributed by atoms with Crippen LogP contribution in [-0.2, 0) is 6.61 Å². The minimum absolute atomic E-state index is 0.165. The number of likely N-dealkylation sites (N-methyl/N-ethyl adjacent to an activating group) is 1. The summed E-state index contributed by atoms with van der Waals surface area (Å²) >= 11 is 7.26. The fourth-order valence-corrected chi connectivity index (χ4v) is 3.69. The second-order valence-electron chi connectivity index (χ2n) is 6.55. The van der Waals surface area contributed by atoms with Gasteiger partial charge in [-0.05, 0) is 36.4 Å². The Labute approximate surface area is 177 Å². The maximum absolute atomic E-state index is 12.7. The van der Waals surface area contributed by atoms with E-state index in [0.29, 0.717) is 42.0 Å². The van der Waals surface area contributed by atoms with E-state index in [-0.39, 0.29) is 12.0 Å². The maximum Gasteiger partial charge on any atom is 0.273 e. The highest BCUT2D eigenvalue weighted by Gasteiger charge is 2.25. The van der Waals surface area contributed by atoms with Gasteiger partial charge in [0.1, 0.15) is 29.7 Å². The monoisotopic (exact) mass is 430 g/mol. The number of halogens is 1. The number of nitrogens with zero attached hydrogens (tertiary/aromatic N) is 2. The minimum Gasteiger partial charge on any atom is -0.486 e. The number of thiazole rings is 1. The van der Waals surface area contributed by atoms with Crippen LogP contribution in [0.2, 0.25) is 5.02 Å². The summed E-state index contributed by atoms with van der Waals surface area (Å²) in [4.78, 5) is 18.7. The van der Waals surface area contributed by atoms with Crippen molar-refractivity contribution < 1.29 is 19.0 Å². The van der Waals surface area contributed by atoms with E-state index in [4.69, 9.17) is 25.8 Å². The van der Waals surface area contributed by atoms with Crippen LogP contribution in [0.25, 0.3) is 0 Å². The predicted octanol–water partition coefficient (Wildman–Crippen LogP) is 4.29. The van der Waals surface area contributed by atoms with Crippen LogP contribution in [0.4, 0.5) is 0 Å². The Morgan fingerprint density at radius 1 is 1.24 bits per heavy atom. The Balaban J connectivity index is 1.32. The van der Waals surface area contributed by atoms with Crippen molar-refractivity contribution in [3.05, 3.63) is 69.6 Å². The van der Waals surface area contributed by atoms with Crippen molar-refractivity contribution in [2.45, 2.75) is 12.7 Å². The van der Waals surface area contributed by atoms with Gasteiger partial charge in [0.15, 0.2) is 17.6 Å². The second-order valence-corrected chi connectivity index (χ2v) is 7.93. The number of carbonyl (C=O) groups is 1. The van der Waals surface area contributed by atoms with E-state index in [1.165, 1.54) is 11.3 Å². The summed E-state index contributed by atoms with van der Waals surface area (Å²) < 4.78 is 17.3. The molecule has 4 rings (SSSR count). The number of carbonyl (C=O) groups excluding carboxylic acids is 1. The molecule has 29 heavy (non-hydrogen) atoms. The molecule has 0 bridgehead atoms. The zero-order valence-electron chi connectivity index (χ0n) is 15.7. The van der Waals surface area contributed by atoms with Crippen LogP contribution >= 0.6 is 22.9 Å². The molecule has 2 heterocycles. The summed E-state index contributed by atoms with van der Waals surface area (Å²) in [5.74, 6) is 1.95. The molecule has 0 fully saturated rings. The standard InChI is InChI=1S/C21H19ClN2O4S/c1-24(10-16-11-27-18-4-2-3-5-19(18)28-16)21(25)17-13-29-20(23-17)12-26-15-8-6-14(22)7-9-15/h2-9,13,16H,10-12H2,1H3/t16-/m0/s1. The lowest BCUT2D eigenvalue weighted by Gasteiger charge is -2.29. The molecule has 1 aliphatic heterocycles. The molecule has 2 aromatic carbocycles. The maximum atomic E-state index is 12.7. The Morgan fingerprint density at radius 3 is 2.79 bits per heavy atom. The van der Waals surface area contributed by atoms with Gasteiger partial charge in [-0.1, -0.05) is 23.7 Å². The van der Waals surface area contributed by atoms with Crippen molar-refractivity contribution in [3.63, 3.8) is 0 Å². The van der Waals surface area contributed by atoms with Crippen LogP contribution in [0.3, 0.4) is 0 Å². The molecule has 0 saturated carbocycles. The predicted molar refractivity (Wildman–Crippen MR) is 111 cm³/mol. The molecular formula is C21H19ClN2O4S. The first-order valence-corrected chi connectivity index (χ1v) is 10.3. The number of aromatic nitrogens is 1. The summed E-state index contributed by atoms with van der Waals surface area (Å²) in [6, 6.07) is 14.6. The first-order chi connectivity index (χ1) is 14.1. The average molecular weight is 431 g/mol. The molecule has 0 saturated heterocycles. The van der Waals surface area contributed by atoms with Gasteiger partial charge in [0.2, 0.25) is 0 Å². The van der Waals surface area contributed by atoms with Crippen molar-refractivity contribution in [3.8, 4) is 17.2 Å². The molecule has 0 aliphatic carbocycles. The van der Waals surface area contributed by atoms with Crippen molar-refractivity contribution >= 4 is 28.8 Å². The molecule has 0 radical (unpaired) electrons. The van der Waals surface area contributed by atoms with E-state index < -0.39 is 0 Å². The molecule has 8 heteroatoms. The Hall–Kier alpha value is -2.77. The molecule has 0 N–H and O–H groups in total. The number of para-hydroxylation sites is 2. The van der Waals surface area contributed by atoms with Crippen molar-refractivity contribution in [2.75, 3.05) is 20.2 Å². The summed E-state index contributed by atoms with van der Waals surface area (Å²) in [6.07, 6.45) is -0.231. The number of hydrogen-bond acceptors (Lipinski definition) is 6. The highest BCUT2D eigenvalue weighted by atomic mass is 35.5. The fraction of sp³-hybridized carbons (Fsp3) is 0.238. The van der Waals surface area contributed by atoms with Gasteiger partial charge in [-0.2, -0.15) is 0 Å². The Morgan fingerprint density at radius 2 is 2.00 bits per heavy atom. The molecule has 1 aliphatic rings. The van der Waals surface area contributed by atoms with Crippen LogP contribution in [0.15, 0.2) is 53.9 Å². The third kappa shape index (κ3) is 4.81. The molecule has 6 nitrogen and oxygen atoms in total. The normalized spacial score (nSPS) is 15.0. The van der Waals surface area contributed by atoms with Gasteiger partial charge in [-0.3, -0.25) is 4.79 Å². The molecule has 0 spiro atoms. The number of ether oxygens (including phenoxy) is 3. The SMILES string of the molecule is CN(C[C@H]1COc2ccccc2O1)C(=O)c1csc(COc2ccc(Cl)cc2)n1. The summed E-state index contributed by atoms with van der Waals surface area (Å²) in [5, 5.41) is 3.12. The lowest BCUT2D eigenvalue weighted by Crippen LogP contribution is -2.41. The van der Waals surface area contributed by atoms with Crippen molar-refractivity contribution in [1.82, 2.24) is 9.88 Å². The van der Waals surface area contributed by atoms with Gasteiger partial charge in [0.05, 0.1) is 6.54 Å². The van der Waals surface area contributed by atoms with E-state index >= 15 is 0 Å². The van der Waals surface area contributed by atoms with Crippen LogP contribution < -0.4 is 14.2 Å². The topological polar surface area (TPSA) is 60.9 Å². The van der Waals surface area contributed by atoms with E-state index in [9.17, 15) is 4.79 Å². The molecule has 3 aromatic rings. The molecule has 1 aromatic heterocycles. The lowest BCUT2D eigenvalue weighted by atomic mass is 10.2. The van der Waals surface area contributed by atoms with Crippen LogP contribution in [0.1, 0.15) is 15.5 Å². The Bertz CT molecular complexity index is 992. The van der Waals surface area contributed by atoms with E-state index in [1.54, 1.807) is 41.6 Å². The highest BCUT2D eigenvalue weighted by molar-refractivity contribution is 7.09. The van der Waals surface area contributed by atoms with E-state index in [2.05, 4.69) is 4.98 Å². The third-order valence-corrected chi connectivity index (χ3v) is 5.41. The van der Waals surface area contributed by atoms with E-state index in [0.717, 1.165) is 10.8 Å². The van der Waals surface area contributed by atoms with Crippen molar-refractivity contribution in [1.29, 1.82) is 0 Å². The first kappa shape index (κ1) is 19.5. The summed E-state index contributed by atoms with van der Waals surface area (Å²) in [6.45, 7) is 1.09. The molecule has 150 valence electrons. The van der Waals surface area contributed by atoms with Gasteiger partial charge in [-0.25, -0.2) is 4.98 Å². The number of fused-ring (bicyclic) bond motifs is 1. The van der Waals surface area contributed by atoms with Crippen LogP contribution in [0, 0.1) is 0 Å². The zero-order valence-corrected chi connectivity index (χ0v) is 17.3. The van der Waals surface area contributed by atoms with Crippen LogP contribution in [0.5, 0.6) is 17.2 Å². The fourth-order valence-electron chi connectivity index (χ4n) is 2.89. The molecule has 1 atom stereocenters. The Kier molecular flexibility index (Phi) is 5.87. The summed E-state index contributed by atoms with van der Waals surface area (Å²) in [5.41, 5.74) is 0.393. The minimum atomic E-state index is -0.231. The first-order valence-electron chi connectivity index (χ1n) is 9.05. The van der Waals surface area contributed by atoms with Gasteiger partial charge in [0, 0.05) is 17.5 Å². The van der Waals surface area contributed by atoms with Crippen molar-refractivity contribution in [2.24, 2.45) is 0 Å². The molecular weight excluding hydrogens is 412 g/mol. The van der Waals surface area contributed by atoms with E-state index in [1.807, 2.05) is 24.3 Å². The van der Waals surface area contributed by atoms with Crippen LogP contribution in [-0.4, -0.2) is 42.1 Å². The number of benzene rings is 2. The number of amides is 1. The third-order valence-electron chi connectivity index (χ3n) is 4.34.